The van der Waals surface area contributed by atoms with E-state index in [1.807, 2.05) is 11.9 Å². The Hall–Kier alpha value is -0.830. The first-order chi connectivity index (χ1) is 7.16. The molecular formula is C12H22N2O. The molecule has 0 aromatic carbocycles. The minimum Gasteiger partial charge on any atom is -0.341 e. The van der Waals surface area contributed by atoms with Crippen molar-refractivity contribution in [3.8, 4) is 0 Å². The minimum absolute atomic E-state index is 0.0572. The number of carbonyl (C=O) groups excluding carboxylic acids is 1. The summed E-state index contributed by atoms with van der Waals surface area (Å²) in [5.41, 5.74) is 5.77. The SMILES string of the molecule is C=CCC(N)C(=O)N(C)C1CCCCC1. The molecule has 0 radical (unpaired) electrons. The van der Waals surface area contributed by atoms with Gasteiger partial charge in [0.15, 0.2) is 0 Å². The number of nitrogens with zero attached hydrogens (tertiary/aromatic N) is 1. The lowest BCUT2D eigenvalue weighted by molar-refractivity contribution is -0.133. The first kappa shape index (κ1) is 12.2. The number of hydrogen-bond acceptors (Lipinski definition) is 2. The molecule has 86 valence electrons. The van der Waals surface area contributed by atoms with Crippen molar-refractivity contribution in [1.82, 2.24) is 4.90 Å². The maximum Gasteiger partial charge on any atom is 0.239 e. The van der Waals surface area contributed by atoms with Crippen molar-refractivity contribution < 1.29 is 4.79 Å². The molecule has 3 heteroatoms. The molecular weight excluding hydrogens is 188 g/mol. The van der Waals surface area contributed by atoms with Gasteiger partial charge in [-0.05, 0) is 19.3 Å². The quantitative estimate of drug-likeness (QED) is 0.718. The topological polar surface area (TPSA) is 46.3 Å². The van der Waals surface area contributed by atoms with E-state index in [4.69, 9.17) is 5.73 Å². The van der Waals surface area contributed by atoms with Crippen LogP contribution in [0, 0.1) is 0 Å². The molecule has 1 rings (SSSR count). The Balaban J connectivity index is 2.46. The van der Waals surface area contributed by atoms with Gasteiger partial charge >= 0.3 is 0 Å². The van der Waals surface area contributed by atoms with E-state index in [9.17, 15) is 4.79 Å². The highest BCUT2D eigenvalue weighted by Gasteiger charge is 2.24. The second-order valence-electron chi connectivity index (χ2n) is 4.37. The van der Waals surface area contributed by atoms with Gasteiger partial charge in [0, 0.05) is 13.1 Å². The van der Waals surface area contributed by atoms with E-state index in [0.717, 1.165) is 12.8 Å². The van der Waals surface area contributed by atoms with Crippen molar-refractivity contribution in [2.75, 3.05) is 7.05 Å². The summed E-state index contributed by atoms with van der Waals surface area (Å²) < 4.78 is 0. The van der Waals surface area contributed by atoms with Crippen LogP contribution in [0.4, 0.5) is 0 Å². The monoisotopic (exact) mass is 210 g/mol. The zero-order valence-corrected chi connectivity index (χ0v) is 9.61. The maximum atomic E-state index is 11.9. The third kappa shape index (κ3) is 3.34. The highest BCUT2D eigenvalue weighted by molar-refractivity contribution is 5.81. The molecule has 1 amide bonds. The van der Waals surface area contributed by atoms with Crippen molar-refractivity contribution in [2.24, 2.45) is 5.73 Å². The van der Waals surface area contributed by atoms with Gasteiger partial charge in [0.1, 0.15) is 0 Å². The zero-order valence-electron chi connectivity index (χ0n) is 9.61. The first-order valence-electron chi connectivity index (χ1n) is 5.80. The van der Waals surface area contributed by atoms with Gasteiger partial charge in [-0.2, -0.15) is 0 Å². The predicted octanol–water partition coefficient (Wildman–Crippen LogP) is 1.68. The van der Waals surface area contributed by atoms with Crippen LogP contribution in [-0.4, -0.2) is 29.9 Å². The van der Waals surface area contributed by atoms with Crippen LogP contribution in [0.1, 0.15) is 38.5 Å². The molecule has 0 bridgehead atoms. The summed E-state index contributed by atoms with van der Waals surface area (Å²) in [5.74, 6) is 0.0572. The van der Waals surface area contributed by atoms with Crippen molar-refractivity contribution in [3.63, 3.8) is 0 Å². The number of carbonyl (C=O) groups is 1. The lowest BCUT2D eigenvalue weighted by atomic mass is 9.94. The third-order valence-corrected chi connectivity index (χ3v) is 3.21. The molecule has 15 heavy (non-hydrogen) atoms. The molecule has 1 fully saturated rings. The van der Waals surface area contributed by atoms with Crippen LogP contribution in [-0.2, 0) is 4.79 Å². The summed E-state index contributed by atoms with van der Waals surface area (Å²) in [5, 5.41) is 0. The lowest BCUT2D eigenvalue weighted by Crippen LogP contribution is -2.46. The molecule has 1 atom stereocenters. The fourth-order valence-corrected chi connectivity index (χ4v) is 2.19. The van der Waals surface area contributed by atoms with Crippen molar-refractivity contribution in [2.45, 2.75) is 50.6 Å². The molecule has 0 saturated heterocycles. The van der Waals surface area contributed by atoms with Crippen LogP contribution in [0.3, 0.4) is 0 Å². The molecule has 1 aliphatic rings. The number of hydrogen-bond donors (Lipinski definition) is 1. The molecule has 2 N–H and O–H groups in total. The molecule has 1 saturated carbocycles. The summed E-state index contributed by atoms with van der Waals surface area (Å²) in [6, 6.07) is -0.00320. The summed E-state index contributed by atoms with van der Waals surface area (Å²) >= 11 is 0. The third-order valence-electron chi connectivity index (χ3n) is 3.21. The van der Waals surface area contributed by atoms with E-state index < -0.39 is 6.04 Å². The van der Waals surface area contributed by atoms with Gasteiger partial charge in [0.05, 0.1) is 6.04 Å². The second kappa shape index (κ2) is 5.91. The van der Waals surface area contributed by atoms with E-state index in [1.165, 1.54) is 19.3 Å². The van der Waals surface area contributed by atoms with Crippen LogP contribution < -0.4 is 5.73 Å². The van der Waals surface area contributed by atoms with E-state index in [-0.39, 0.29) is 5.91 Å². The van der Waals surface area contributed by atoms with Gasteiger partial charge in [-0.1, -0.05) is 25.3 Å². The number of rotatable bonds is 4. The van der Waals surface area contributed by atoms with Gasteiger partial charge in [-0.3, -0.25) is 4.79 Å². The fraction of sp³-hybridized carbons (Fsp3) is 0.750. The van der Waals surface area contributed by atoms with Crippen LogP contribution in [0.2, 0.25) is 0 Å². The average Bonchev–Trinajstić information content (AvgIpc) is 2.28. The predicted molar refractivity (Wildman–Crippen MR) is 62.4 cm³/mol. The number of likely N-dealkylation sites (N-methyl/N-ethyl adjacent to an activating group) is 1. The van der Waals surface area contributed by atoms with Crippen LogP contribution in [0.25, 0.3) is 0 Å². The van der Waals surface area contributed by atoms with E-state index in [1.54, 1.807) is 6.08 Å². The minimum atomic E-state index is -0.408. The van der Waals surface area contributed by atoms with Gasteiger partial charge in [-0.15, -0.1) is 6.58 Å². The smallest absolute Gasteiger partial charge is 0.239 e. The second-order valence-corrected chi connectivity index (χ2v) is 4.37. The molecule has 3 nitrogen and oxygen atoms in total. The summed E-state index contributed by atoms with van der Waals surface area (Å²) in [6.07, 6.45) is 8.30. The Bertz CT molecular complexity index is 222. The van der Waals surface area contributed by atoms with Gasteiger partial charge < -0.3 is 10.6 Å². The average molecular weight is 210 g/mol. The van der Waals surface area contributed by atoms with E-state index in [0.29, 0.717) is 12.5 Å². The summed E-state index contributed by atoms with van der Waals surface area (Å²) in [6.45, 7) is 3.60. The van der Waals surface area contributed by atoms with Gasteiger partial charge in [0.2, 0.25) is 5.91 Å². The fourth-order valence-electron chi connectivity index (χ4n) is 2.19. The molecule has 0 spiro atoms. The Labute approximate surface area is 92.3 Å². The zero-order chi connectivity index (χ0) is 11.3. The first-order valence-corrected chi connectivity index (χ1v) is 5.80. The van der Waals surface area contributed by atoms with Crippen molar-refractivity contribution in [3.05, 3.63) is 12.7 Å². The maximum absolute atomic E-state index is 11.9. The highest BCUT2D eigenvalue weighted by Crippen LogP contribution is 2.22. The largest absolute Gasteiger partial charge is 0.341 e. The summed E-state index contributed by atoms with van der Waals surface area (Å²) in [4.78, 5) is 13.7. The molecule has 0 aromatic heterocycles. The molecule has 1 unspecified atom stereocenters. The number of nitrogens with two attached hydrogens (primary N) is 1. The Morgan fingerprint density at radius 3 is 2.67 bits per heavy atom. The van der Waals surface area contributed by atoms with Gasteiger partial charge in [-0.25, -0.2) is 0 Å². The summed E-state index contributed by atoms with van der Waals surface area (Å²) in [7, 11) is 1.88. The Morgan fingerprint density at radius 1 is 1.53 bits per heavy atom. The number of amides is 1. The van der Waals surface area contributed by atoms with Crippen LogP contribution >= 0.6 is 0 Å². The molecule has 0 aromatic rings. The highest BCUT2D eigenvalue weighted by atomic mass is 16.2. The standard InChI is InChI=1S/C12H22N2O/c1-3-7-11(13)12(15)14(2)10-8-5-4-6-9-10/h3,10-11H,1,4-9,13H2,2H3. The van der Waals surface area contributed by atoms with E-state index in [2.05, 4.69) is 6.58 Å². The van der Waals surface area contributed by atoms with Crippen LogP contribution in [0.5, 0.6) is 0 Å². The Kier molecular flexibility index (Phi) is 4.82. The van der Waals surface area contributed by atoms with Crippen molar-refractivity contribution in [1.29, 1.82) is 0 Å². The van der Waals surface area contributed by atoms with Crippen molar-refractivity contribution >= 4 is 5.91 Å². The van der Waals surface area contributed by atoms with Gasteiger partial charge in [0.25, 0.3) is 0 Å². The molecule has 0 aliphatic heterocycles. The molecule has 0 heterocycles. The lowest BCUT2D eigenvalue weighted by Gasteiger charge is -2.32. The normalized spacial score (nSPS) is 19.6. The molecule has 1 aliphatic carbocycles. The Morgan fingerprint density at radius 2 is 2.13 bits per heavy atom. The van der Waals surface area contributed by atoms with Crippen LogP contribution in [0.15, 0.2) is 12.7 Å². The van der Waals surface area contributed by atoms with E-state index >= 15 is 0 Å².